The molecular weight excluding hydrogens is 114 g/mol. The van der Waals surface area contributed by atoms with Crippen molar-refractivity contribution in [2.45, 2.75) is 20.1 Å². The molecule has 1 saturated heterocycles. The van der Waals surface area contributed by atoms with E-state index >= 15 is 0 Å². The van der Waals surface area contributed by atoms with Gasteiger partial charge in [0.15, 0.2) is 0 Å². The summed E-state index contributed by atoms with van der Waals surface area (Å²) in [5, 5.41) is 0. The average molecular weight is 129 g/mol. The molecule has 2 heteroatoms. The van der Waals surface area contributed by atoms with E-state index < -0.39 is 0 Å². The lowest BCUT2D eigenvalue weighted by molar-refractivity contribution is 0.00957. The van der Waals surface area contributed by atoms with Gasteiger partial charge in [-0.25, -0.2) is 0 Å². The molecule has 0 amide bonds. The Morgan fingerprint density at radius 2 is 2.22 bits per heavy atom. The average Bonchev–Trinajstić information content (AvgIpc) is 2.13. The topological polar surface area (TPSA) is 12.5 Å². The lowest BCUT2D eigenvalue weighted by Gasteiger charge is -2.20. The maximum absolute atomic E-state index is 5.45. The van der Waals surface area contributed by atoms with Crippen molar-refractivity contribution in [1.82, 2.24) is 4.90 Å². The molecule has 0 aliphatic carbocycles. The van der Waals surface area contributed by atoms with Gasteiger partial charge >= 0.3 is 0 Å². The van der Waals surface area contributed by atoms with E-state index in [1.165, 1.54) is 0 Å². The second kappa shape index (κ2) is 2.67. The number of rotatable bonds is 1. The van der Waals surface area contributed by atoms with Gasteiger partial charge in [-0.15, -0.1) is 0 Å². The lowest BCUT2D eigenvalue weighted by Crippen LogP contribution is -2.30. The van der Waals surface area contributed by atoms with Gasteiger partial charge in [0.05, 0.1) is 6.61 Å². The summed E-state index contributed by atoms with van der Waals surface area (Å²) in [4.78, 5) is 2.25. The van der Waals surface area contributed by atoms with Crippen LogP contribution in [-0.2, 0) is 4.74 Å². The Balaban J connectivity index is 2.40. The number of ether oxygens (including phenoxy) is 1. The van der Waals surface area contributed by atoms with Crippen LogP contribution in [0.4, 0.5) is 0 Å². The van der Waals surface area contributed by atoms with Crippen LogP contribution in [0.2, 0.25) is 0 Å². The van der Waals surface area contributed by atoms with Gasteiger partial charge in [0.25, 0.3) is 0 Å². The molecule has 0 bridgehead atoms. The van der Waals surface area contributed by atoms with Crippen LogP contribution >= 0.6 is 0 Å². The second-order valence-electron chi connectivity index (χ2n) is 2.99. The number of nitrogens with zero attached hydrogens (tertiary/aromatic N) is 1. The molecule has 1 unspecified atom stereocenters. The zero-order chi connectivity index (χ0) is 6.85. The lowest BCUT2D eigenvalue weighted by atomic mass is 10.2. The van der Waals surface area contributed by atoms with Gasteiger partial charge in [0, 0.05) is 6.54 Å². The summed E-state index contributed by atoms with van der Waals surface area (Å²) in [6, 6.07) is 0. The van der Waals surface area contributed by atoms with Gasteiger partial charge in [-0.1, -0.05) is 13.8 Å². The summed E-state index contributed by atoms with van der Waals surface area (Å²) >= 11 is 0. The monoisotopic (exact) mass is 129 g/mol. The largest absolute Gasteiger partial charge is 0.362 e. The third-order valence-corrected chi connectivity index (χ3v) is 1.74. The molecule has 0 spiro atoms. The molecule has 1 fully saturated rings. The van der Waals surface area contributed by atoms with Crippen molar-refractivity contribution in [2.75, 3.05) is 20.2 Å². The Labute approximate surface area is 56.8 Å². The molecule has 2 nitrogen and oxygen atoms in total. The van der Waals surface area contributed by atoms with E-state index in [9.17, 15) is 0 Å². The normalized spacial score (nSPS) is 30.0. The summed E-state index contributed by atoms with van der Waals surface area (Å²) in [6.07, 6.45) is 0.366. The fraction of sp³-hybridized carbons (Fsp3) is 1.00. The fourth-order valence-electron chi connectivity index (χ4n) is 1.27. The van der Waals surface area contributed by atoms with Crippen LogP contribution < -0.4 is 0 Å². The molecule has 0 radical (unpaired) electrons. The third kappa shape index (κ3) is 1.43. The molecular formula is C7H15NO. The molecule has 54 valence electrons. The van der Waals surface area contributed by atoms with Crippen LogP contribution in [0, 0.1) is 5.92 Å². The highest BCUT2D eigenvalue weighted by Gasteiger charge is 2.23. The highest BCUT2D eigenvalue weighted by Crippen LogP contribution is 2.14. The van der Waals surface area contributed by atoms with E-state index in [0.717, 1.165) is 13.2 Å². The van der Waals surface area contributed by atoms with Gasteiger partial charge in [-0.3, -0.25) is 4.90 Å². The van der Waals surface area contributed by atoms with E-state index in [2.05, 4.69) is 25.8 Å². The molecule has 9 heavy (non-hydrogen) atoms. The number of hydrogen-bond donors (Lipinski definition) is 0. The van der Waals surface area contributed by atoms with Crippen molar-refractivity contribution in [1.29, 1.82) is 0 Å². The van der Waals surface area contributed by atoms with Crippen LogP contribution in [0.5, 0.6) is 0 Å². The molecule has 1 heterocycles. The first-order chi connectivity index (χ1) is 4.22. The molecule has 0 aromatic heterocycles. The zero-order valence-electron chi connectivity index (χ0n) is 6.42. The first-order valence-electron chi connectivity index (χ1n) is 3.53. The first-order valence-corrected chi connectivity index (χ1v) is 3.53. The minimum absolute atomic E-state index is 0.366. The summed E-state index contributed by atoms with van der Waals surface area (Å²) in [7, 11) is 2.11. The van der Waals surface area contributed by atoms with Crippen molar-refractivity contribution in [3.8, 4) is 0 Å². The Kier molecular flexibility index (Phi) is 2.09. The van der Waals surface area contributed by atoms with Gasteiger partial charge in [-0.05, 0) is 13.0 Å². The maximum atomic E-state index is 5.45. The highest BCUT2D eigenvalue weighted by molar-refractivity contribution is 4.67. The molecule has 0 aromatic carbocycles. The van der Waals surface area contributed by atoms with E-state index in [0.29, 0.717) is 12.1 Å². The standard InChI is InChI=1S/C7H15NO/c1-6(2)7-8(3)4-5-9-7/h6-7H,4-5H2,1-3H3. The minimum atomic E-state index is 0.366. The third-order valence-electron chi connectivity index (χ3n) is 1.74. The quantitative estimate of drug-likeness (QED) is 0.522. The second-order valence-corrected chi connectivity index (χ2v) is 2.99. The highest BCUT2D eigenvalue weighted by atomic mass is 16.5. The molecule has 0 aromatic rings. The van der Waals surface area contributed by atoms with E-state index in [1.54, 1.807) is 0 Å². The predicted octanol–water partition coefficient (Wildman–Crippen LogP) is 0.930. The van der Waals surface area contributed by atoms with Crippen molar-refractivity contribution < 1.29 is 4.74 Å². The van der Waals surface area contributed by atoms with Crippen LogP contribution in [0.3, 0.4) is 0 Å². The molecule has 1 rings (SSSR count). The van der Waals surface area contributed by atoms with Crippen LogP contribution in [0.15, 0.2) is 0 Å². The number of likely N-dealkylation sites (N-methyl/N-ethyl adjacent to an activating group) is 1. The Hall–Kier alpha value is -0.0800. The Morgan fingerprint density at radius 1 is 1.56 bits per heavy atom. The SMILES string of the molecule is CC(C)C1OCCN1C. The Morgan fingerprint density at radius 3 is 2.44 bits per heavy atom. The molecule has 0 N–H and O–H groups in total. The van der Waals surface area contributed by atoms with Gasteiger partial charge in [-0.2, -0.15) is 0 Å². The predicted molar refractivity (Wildman–Crippen MR) is 37.2 cm³/mol. The van der Waals surface area contributed by atoms with Crippen molar-refractivity contribution in [2.24, 2.45) is 5.92 Å². The summed E-state index contributed by atoms with van der Waals surface area (Å²) < 4.78 is 5.45. The van der Waals surface area contributed by atoms with Crippen molar-refractivity contribution >= 4 is 0 Å². The van der Waals surface area contributed by atoms with Crippen LogP contribution in [0.1, 0.15) is 13.8 Å². The number of hydrogen-bond acceptors (Lipinski definition) is 2. The van der Waals surface area contributed by atoms with Crippen molar-refractivity contribution in [3.63, 3.8) is 0 Å². The minimum Gasteiger partial charge on any atom is -0.362 e. The van der Waals surface area contributed by atoms with Gasteiger partial charge in [0.2, 0.25) is 0 Å². The zero-order valence-corrected chi connectivity index (χ0v) is 6.42. The molecule has 1 atom stereocenters. The van der Waals surface area contributed by atoms with E-state index in [1.807, 2.05) is 0 Å². The van der Waals surface area contributed by atoms with Crippen molar-refractivity contribution in [3.05, 3.63) is 0 Å². The maximum Gasteiger partial charge on any atom is 0.112 e. The molecule has 0 saturated carbocycles. The first kappa shape index (κ1) is 7.03. The van der Waals surface area contributed by atoms with E-state index in [4.69, 9.17) is 4.74 Å². The summed E-state index contributed by atoms with van der Waals surface area (Å²) in [5.74, 6) is 0.623. The van der Waals surface area contributed by atoms with E-state index in [-0.39, 0.29) is 0 Å². The van der Waals surface area contributed by atoms with Crippen LogP contribution in [0.25, 0.3) is 0 Å². The molecule has 1 aliphatic heterocycles. The van der Waals surface area contributed by atoms with Gasteiger partial charge < -0.3 is 4.74 Å². The van der Waals surface area contributed by atoms with Crippen LogP contribution in [-0.4, -0.2) is 31.3 Å². The van der Waals surface area contributed by atoms with Gasteiger partial charge in [0.1, 0.15) is 6.23 Å². The summed E-state index contributed by atoms with van der Waals surface area (Å²) in [5.41, 5.74) is 0. The summed E-state index contributed by atoms with van der Waals surface area (Å²) in [6.45, 7) is 6.36. The smallest absolute Gasteiger partial charge is 0.112 e. The fourth-order valence-corrected chi connectivity index (χ4v) is 1.27. The molecule has 1 aliphatic rings. The Bertz CT molecular complexity index is 92.9.